The normalized spacial score (nSPS) is 14.6. The van der Waals surface area contributed by atoms with Crippen LogP contribution in [0.4, 0.5) is 0 Å². The predicted molar refractivity (Wildman–Crippen MR) is 78.5 cm³/mol. The highest BCUT2D eigenvalue weighted by Crippen LogP contribution is 2.18. The minimum atomic E-state index is -0.782. The van der Waals surface area contributed by atoms with Crippen LogP contribution in [-0.2, 0) is 9.53 Å². The molecule has 0 aromatic carbocycles. The molecule has 0 radical (unpaired) electrons. The van der Waals surface area contributed by atoms with E-state index in [9.17, 15) is 9.90 Å². The van der Waals surface area contributed by atoms with Crippen molar-refractivity contribution in [3.63, 3.8) is 0 Å². The Morgan fingerprint density at radius 3 is 2.37 bits per heavy atom. The van der Waals surface area contributed by atoms with Crippen LogP contribution in [0.15, 0.2) is 0 Å². The summed E-state index contributed by atoms with van der Waals surface area (Å²) in [5.74, 6) is -0.0336. The molecule has 0 heterocycles. The lowest BCUT2D eigenvalue weighted by atomic mass is 9.90. The zero-order chi connectivity index (χ0) is 14.7. The maximum absolute atomic E-state index is 11.4. The van der Waals surface area contributed by atoms with Crippen molar-refractivity contribution in [2.24, 2.45) is 5.92 Å². The third-order valence-corrected chi connectivity index (χ3v) is 3.49. The lowest BCUT2D eigenvalue weighted by Crippen LogP contribution is -2.51. The number of carboxylic acid groups (broad SMARTS) is 1. The van der Waals surface area contributed by atoms with E-state index in [4.69, 9.17) is 4.74 Å². The maximum atomic E-state index is 11.4. The Kier molecular flexibility index (Phi) is 9.88. The topological polar surface area (TPSA) is 58.6 Å². The van der Waals surface area contributed by atoms with Crippen LogP contribution in [0.1, 0.15) is 59.8 Å². The van der Waals surface area contributed by atoms with Crippen LogP contribution in [0, 0.1) is 5.92 Å². The van der Waals surface area contributed by atoms with Crippen LogP contribution < -0.4 is 5.32 Å². The number of carbonyl (C=O) groups is 1. The summed E-state index contributed by atoms with van der Waals surface area (Å²) in [6, 6.07) is 0. The second kappa shape index (κ2) is 10.2. The second-order valence-corrected chi connectivity index (χ2v) is 5.52. The number of rotatable bonds is 12. The number of likely N-dealkylation sites (N-methyl/N-ethyl adjacent to an activating group) is 1. The minimum absolute atomic E-state index is 0.601. The molecule has 0 amide bonds. The molecular weight excluding hydrogens is 242 g/mol. The summed E-state index contributed by atoms with van der Waals surface area (Å²) in [5.41, 5.74) is -0.782. The predicted octanol–water partition coefficient (Wildman–Crippen LogP) is 3.06. The number of nitrogens with one attached hydrogen (secondary N) is 1. The molecule has 0 rings (SSSR count). The van der Waals surface area contributed by atoms with Crippen molar-refractivity contribution in [1.82, 2.24) is 5.32 Å². The molecule has 2 N–H and O–H groups in total. The minimum Gasteiger partial charge on any atom is -0.480 e. The fourth-order valence-corrected chi connectivity index (χ4v) is 2.23. The van der Waals surface area contributed by atoms with E-state index < -0.39 is 11.5 Å². The first-order chi connectivity index (χ1) is 8.98. The van der Waals surface area contributed by atoms with E-state index in [1.54, 1.807) is 0 Å². The molecule has 0 aromatic heterocycles. The van der Waals surface area contributed by atoms with Crippen molar-refractivity contribution in [2.45, 2.75) is 65.3 Å². The van der Waals surface area contributed by atoms with E-state index in [2.05, 4.69) is 19.2 Å². The Morgan fingerprint density at radius 2 is 1.89 bits per heavy atom. The van der Waals surface area contributed by atoms with Gasteiger partial charge in [0.25, 0.3) is 0 Å². The number of aliphatic carboxylic acids is 1. The van der Waals surface area contributed by atoms with Gasteiger partial charge in [-0.2, -0.15) is 0 Å². The van der Waals surface area contributed by atoms with Crippen molar-refractivity contribution in [1.29, 1.82) is 0 Å². The Hall–Kier alpha value is -0.610. The molecule has 0 fully saturated rings. The summed E-state index contributed by atoms with van der Waals surface area (Å²) in [6.45, 7) is 10.4. The van der Waals surface area contributed by atoms with Crippen LogP contribution in [0.2, 0.25) is 0 Å². The average molecular weight is 273 g/mol. The van der Waals surface area contributed by atoms with Gasteiger partial charge < -0.3 is 15.2 Å². The zero-order valence-electron chi connectivity index (χ0n) is 13.0. The molecule has 0 aromatic rings. The van der Waals surface area contributed by atoms with Gasteiger partial charge in [0.2, 0.25) is 0 Å². The van der Waals surface area contributed by atoms with Crippen molar-refractivity contribution in [3.05, 3.63) is 0 Å². The molecule has 4 heteroatoms. The zero-order valence-corrected chi connectivity index (χ0v) is 13.0. The van der Waals surface area contributed by atoms with Crippen LogP contribution >= 0.6 is 0 Å². The largest absolute Gasteiger partial charge is 0.480 e. The van der Waals surface area contributed by atoms with Crippen molar-refractivity contribution in [3.8, 4) is 0 Å². The third-order valence-electron chi connectivity index (χ3n) is 3.49. The summed E-state index contributed by atoms with van der Waals surface area (Å²) >= 11 is 0. The fourth-order valence-electron chi connectivity index (χ4n) is 2.23. The van der Waals surface area contributed by atoms with E-state index in [1.807, 2.05) is 13.8 Å². The molecule has 114 valence electrons. The molecule has 0 aliphatic rings. The molecule has 1 atom stereocenters. The van der Waals surface area contributed by atoms with Crippen LogP contribution in [0.25, 0.3) is 0 Å². The van der Waals surface area contributed by atoms with Crippen molar-refractivity contribution >= 4 is 5.97 Å². The van der Waals surface area contributed by atoms with Crippen LogP contribution in [0.5, 0.6) is 0 Å². The first-order valence-electron chi connectivity index (χ1n) is 7.54. The van der Waals surface area contributed by atoms with E-state index in [1.165, 1.54) is 6.42 Å². The molecule has 0 aliphatic carbocycles. The number of hydrogen-bond acceptors (Lipinski definition) is 3. The van der Waals surface area contributed by atoms with Gasteiger partial charge in [-0.3, -0.25) is 4.79 Å². The van der Waals surface area contributed by atoms with Crippen LogP contribution in [0.3, 0.4) is 0 Å². The molecule has 0 saturated carbocycles. The Balaban J connectivity index is 3.85. The number of ether oxygens (including phenoxy) is 1. The molecule has 1 unspecified atom stereocenters. The maximum Gasteiger partial charge on any atom is 0.323 e. The highest BCUT2D eigenvalue weighted by atomic mass is 16.5. The van der Waals surface area contributed by atoms with Gasteiger partial charge in [0.15, 0.2) is 0 Å². The lowest BCUT2D eigenvalue weighted by molar-refractivity contribution is -0.145. The molecule has 0 spiro atoms. The third kappa shape index (κ3) is 7.53. The van der Waals surface area contributed by atoms with Gasteiger partial charge in [0.1, 0.15) is 5.54 Å². The highest BCUT2D eigenvalue weighted by molar-refractivity contribution is 5.78. The molecule has 0 aliphatic heterocycles. The average Bonchev–Trinajstić information content (AvgIpc) is 2.35. The fraction of sp³-hybridized carbons (Fsp3) is 0.933. The Labute approximate surface area is 117 Å². The van der Waals surface area contributed by atoms with Crippen molar-refractivity contribution in [2.75, 3.05) is 19.8 Å². The summed E-state index contributed by atoms with van der Waals surface area (Å²) in [4.78, 5) is 11.4. The highest BCUT2D eigenvalue weighted by Gasteiger charge is 2.34. The first kappa shape index (κ1) is 18.4. The smallest absolute Gasteiger partial charge is 0.323 e. The standard InChI is InChI=1S/C15H31NO3/c1-5-15(14(17)18,16-6-2)10-8-12-19-11-7-9-13(3)4/h13,16H,5-12H2,1-4H3,(H,17,18). The van der Waals surface area contributed by atoms with Gasteiger partial charge in [-0.25, -0.2) is 0 Å². The van der Waals surface area contributed by atoms with Crippen LogP contribution in [-0.4, -0.2) is 36.4 Å². The Bertz CT molecular complexity index is 244. The van der Waals surface area contributed by atoms with E-state index in [0.29, 0.717) is 26.0 Å². The molecule has 4 nitrogen and oxygen atoms in total. The first-order valence-corrected chi connectivity index (χ1v) is 7.54. The van der Waals surface area contributed by atoms with E-state index in [-0.39, 0.29) is 0 Å². The van der Waals surface area contributed by atoms with Gasteiger partial charge in [-0.1, -0.05) is 27.7 Å². The van der Waals surface area contributed by atoms with Gasteiger partial charge >= 0.3 is 5.97 Å². The quantitative estimate of drug-likeness (QED) is 0.537. The van der Waals surface area contributed by atoms with E-state index in [0.717, 1.165) is 25.4 Å². The van der Waals surface area contributed by atoms with Crippen molar-refractivity contribution < 1.29 is 14.6 Å². The monoisotopic (exact) mass is 273 g/mol. The molecule has 0 bridgehead atoms. The number of hydrogen-bond donors (Lipinski definition) is 2. The summed E-state index contributed by atoms with van der Waals surface area (Å²) < 4.78 is 5.56. The summed E-state index contributed by atoms with van der Waals surface area (Å²) in [5, 5.41) is 12.5. The SMILES string of the molecule is CCNC(CC)(CCCOCCCC(C)C)C(=O)O. The Morgan fingerprint density at radius 1 is 1.26 bits per heavy atom. The molecule has 19 heavy (non-hydrogen) atoms. The second-order valence-electron chi connectivity index (χ2n) is 5.52. The molecule has 0 saturated heterocycles. The summed E-state index contributed by atoms with van der Waals surface area (Å²) in [7, 11) is 0. The lowest BCUT2D eigenvalue weighted by Gasteiger charge is -2.29. The molecular formula is C15H31NO3. The van der Waals surface area contributed by atoms with E-state index >= 15 is 0 Å². The number of carboxylic acids is 1. The van der Waals surface area contributed by atoms with Gasteiger partial charge in [0, 0.05) is 13.2 Å². The van der Waals surface area contributed by atoms with Gasteiger partial charge in [-0.05, 0) is 44.6 Å². The summed E-state index contributed by atoms with van der Waals surface area (Å²) in [6.07, 6.45) is 4.28. The van der Waals surface area contributed by atoms with Gasteiger partial charge in [-0.15, -0.1) is 0 Å². The van der Waals surface area contributed by atoms with Gasteiger partial charge in [0.05, 0.1) is 0 Å².